The second-order valence-electron chi connectivity index (χ2n) is 2.22. The summed E-state index contributed by atoms with van der Waals surface area (Å²) in [5.41, 5.74) is 0. The van der Waals surface area contributed by atoms with Crippen molar-refractivity contribution in [3.63, 3.8) is 0 Å². The zero-order valence-corrected chi connectivity index (χ0v) is 10.9. The third-order valence-corrected chi connectivity index (χ3v) is 4.58. The second-order valence-corrected chi connectivity index (χ2v) is 5.05. The lowest BCUT2D eigenvalue weighted by molar-refractivity contribution is 1.26. The average molecular weight is 274 g/mol. The third kappa shape index (κ3) is 2.42. The molecule has 72 valence electrons. The van der Waals surface area contributed by atoms with Crippen molar-refractivity contribution in [2.75, 3.05) is 12.5 Å². The van der Waals surface area contributed by atoms with Gasteiger partial charge in [0.05, 0.1) is 15.1 Å². The first-order valence-electron chi connectivity index (χ1n) is 3.37. The van der Waals surface area contributed by atoms with Gasteiger partial charge in [-0.1, -0.05) is 34.8 Å². The first kappa shape index (κ1) is 11.9. The SMILES string of the molecule is CSc1c(Cl)cc(Cl)c(Cl)c1SC. The van der Waals surface area contributed by atoms with Crippen molar-refractivity contribution in [2.24, 2.45) is 0 Å². The Balaban J connectivity index is 3.41. The molecule has 0 atom stereocenters. The molecule has 5 heteroatoms. The highest BCUT2D eigenvalue weighted by molar-refractivity contribution is 8.01. The molecule has 0 aliphatic carbocycles. The van der Waals surface area contributed by atoms with Crippen LogP contribution in [0.2, 0.25) is 15.1 Å². The highest BCUT2D eigenvalue weighted by Gasteiger charge is 2.13. The van der Waals surface area contributed by atoms with Gasteiger partial charge < -0.3 is 0 Å². The molecule has 0 N–H and O–H groups in total. The van der Waals surface area contributed by atoms with Crippen molar-refractivity contribution in [3.05, 3.63) is 21.1 Å². The van der Waals surface area contributed by atoms with Crippen LogP contribution in [0.15, 0.2) is 15.9 Å². The van der Waals surface area contributed by atoms with E-state index in [9.17, 15) is 0 Å². The molecule has 13 heavy (non-hydrogen) atoms. The largest absolute Gasteiger partial charge is 0.127 e. The van der Waals surface area contributed by atoms with E-state index in [0.717, 1.165) is 9.79 Å². The Morgan fingerprint density at radius 2 is 1.46 bits per heavy atom. The molecule has 0 aliphatic heterocycles. The molecule has 1 rings (SSSR count). The highest BCUT2D eigenvalue weighted by Crippen LogP contribution is 2.43. The summed E-state index contributed by atoms with van der Waals surface area (Å²) in [7, 11) is 0. The molecule has 0 nitrogen and oxygen atoms in total. The number of hydrogen-bond donors (Lipinski definition) is 0. The van der Waals surface area contributed by atoms with Crippen LogP contribution in [0.1, 0.15) is 0 Å². The molecule has 0 amide bonds. The van der Waals surface area contributed by atoms with Gasteiger partial charge in [0.1, 0.15) is 0 Å². The number of thioether (sulfide) groups is 2. The van der Waals surface area contributed by atoms with Crippen LogP contribution in [0, 0.1) is 0 Å². The summed E-state index contributed by atoms with van der Waals surface area (Å²) in [6, 6.07) is 1.68. The maximum absolute atomic E-state index is 6.02. The van der Waals surface area contributed by atoms with Gasteiger partial charge in [-0.05, 0) is 18.6 Å². The van der Waals surface area contributed by atoms with E-state index < -0.39 is 0 Å². The smallest absolute Gasteiger partial charge is 0.0740 e. The lowest BCUT2D eigenvalue weighted by atomic mass is 10.3. The van der Waals surface area contributed by atoms with Crippen LogP contribution >= 0.6 is 58.3 Å². The number of hydrogen-bond acceptors (Lipinski definition) is 2. The molecular weight excluding hydrogens is 267 g/mol. The molecule has 0 saturated heterocycles. The van der Waals surface area contributed by atoms with Gasteiger partial charge in [-0.2, -0.15) is 0 Å². The first-order chi connectivity index (χ1) is 6.11. The number of halogens is 3. The van der Waals surface area contributed by atoms with E-state index in [0.29, 0.717) is 15.1 Å². The van der Waals surface area contributed by atoms with Gasteiger partial charge >= 0.3 is 0 Å². The standard InChI is InChI=1S/C8H7Cl3S2/c1-12-7-5(10)3-4(9)6(11)8(7)13-2/h3H,1-2H3. The molecule has 0 unspecified atom stereocenters. The maximum Gasteiger partial charge on any atom is 0.0740 e. The average Bonchev–Trinajstić information content (AvgIpc) is 2.10. The lowest BCUT2D eigenvalue weighted by Gasteiger charge is -2.10. The summed E-state index contributed by atoms with van der Waals surface area (Å²) >= 11 is 21.0. The fourth-order valence-electron chi connectivity index (χ4n) is 0.929. The van der Waals surface area contributed by atoms with E-state index in [1.807, 2.05) is 12.5 Å². The van der Waals surface area contributed by atoms with Crippen LogP contribution in [-0.4, -0.2) is 12.5 Å². The van der Waals surface area contributed by atoms with E-state index >= 15 is 0 Å². The Morgan fingerprint density at radius 3 is 1.92 bits per heavy atom. The molecule has 0 heterocycles. The van der Waals surface area contributed by atoms with Gasteiger partial charge in [0.2, 0.25) is 0 Å². The Bertz CT molecular complexity index is 326. The minimum atomic E-state index is 0.508. The van der Waals surface area contributed by atoms with Crippen LogP contribution in [0.5, 0.6) is 0 Å². The monoisotopic (exact) mass is 272 g/mol. The molecule has 0 aromatic heterocycles. The Labute approximate surface area is 101 Å². The van der Waals surface area contributed by atoms with Crippen molar-refractivity contribution in [2.45, 2.75) is 9.79 Å². The zero-order chi connectivity index (χ0) is 10.0. The summed E-state index contributed by atoms with van der Waals surface area (Å²) in [5.74, 6) is 0. The summed E-state index contributed by atoms with van der Waals surface area (Å²) in [6.07, 6.45) is 3.92. The summed E-state index contributed by atoms with van der Waals surface area (Å²) in [5, 5.41) is 1.75. The normalized spacial score (nSPS) is 10.5. The predicted molar refractivity (Wildman–Crippen MR) is 65.0 cm³/mol. The maximum atomic E-state index is 6.02. The van der Waals surface area contributed by atoms with Gasteiger partial charge in [0.15, 0.2) is 0 Å². The molecule has 1 aromatic rings. The van der Waals surface area contributed by atoms with Crippen molar-refractivity contribution in [3.8, 4) is 0 Å². The lowest BCUT2D eigenvalue weighted by Crippen LogP contribution is -1.83. The van der Waals surface area contributed by atoms with Gasteiger partial charge in [0.25, 0.3) is 0 Å². The van der Waals surface area contributed by atoms with Crippen molar-refractivity contribution in [1.29, 1.82) is 0 Å². The molecular formula is C8H7Cl3S2. The van der Waals surface area contributed by atoms with Gasteiger partial charge in [-0.3, -0.25) is 0 Å². The summed E-state index contributed by atoms with van der Waals surface area (Å²) in [4.78, 5) is 1.94. The minimum Gasteiger partial charge on any atom is -0.127 e. The topological polar surface area (TPSA) is 0 Å². The molecule has 1 aromatic carbocycles. The van der Waals surface area contributed by atoms with Crippen molar-refractivity contribution >= 4 is 58.3 Å². The summed E-state index contributed by atoms with van der Waals surface area (Å²) < 4.78 is 0. The minimum absolute atomic E-state index is 0.508. The predicted octanol–water partition coefficient (Wildman–Crippen LogP) is 5.09. The third-order valence-electron chi connectivity index (χ3n) is 1.49. The fourth-order valence-corrected chi connectivity index (χ4v) is 3.80. The van der Waals surface area contributed by atoms with E-state index in [1.165, 1.54) is 0 Å². The van der Waals surface area contributed by atoms with Crippen LogP contribution in [-0.2, 0) is 0 Å². The van der Waals surface area contributed by atoms with Crippen molar-refractivity contribution in [1.82, 2.24) is 0 Å². The Hall–Kier alpha value is 0.790. The van der Waals surface area contributed by atoms with Gasteiger partial charge in [0, 0.05) is 9.79 Å². The highest BCUT2D eigenvalue weighted by atomic mass is 35.5. The molecule has 0 fully saturated rings. The molecule has 0 bridgehead atoms. The Morgan fingerprint density at radius 1 is 0.923 bits per heavy atom. The van der Waals surface area contributed by atoms with Crippen LogP contribution in [0.3, 0.4) is 0 Å². The van der Waals surface area contributed by atoms with Crippen molar-refractivity contribution < 1.29 is 0 Å². The van der Waals surface area contributed by atoms with E-state index in [2.05, 4.69) is 0 Å². The molecule has 0 radical (unpaired) electrons. The number of rotatable bonds is 2. The van der Waals surface area contributed by atoms with Crippen LogP contribution < -0.4 is 0 Å². The summed E-state index contributed by atoms with van der Waals surface area (Å²) in [6.45, 7) is 0. The van der Waals surface area contributed by atoms with Gasteiger partial charge in [-0.15, -0.1) is 23.5 Å². The molecule has 0 spiro atoms. The molecule has 0 aliphatic rings. The quantitative estimate of drug-likeness (QED) is 0.544. The Kier molecular flexibility index (Phi) is 4.59. The first-order valence-corrected chi connectivity index (χ1v) is 6.95. The van der Waals surface area contributed by atoms with Gasteiger partial charge in [-0.25, -0.2) is 0 Å². The fraction of sp³-hybridized carbons (Fsp3) is 0.250. The zero-order valence-electron chi connectivity index (χ0n) is 7.03. The van der Waals surface area contributed by atoms with Crippen LogP contribution in [0.25, 0.3) is 0 Å². The van der Waals surface area contributed by atoms with E-state index in [1.54, 1.807) is 29.6 Å². The number of benzene rings is 1. The van der Waals surface area contributed by atoms with E-state index in [-0.39, 0.29) is 0 Å². The van der Waals surface area contributed by atoms with E-state index in [4.69, 9.17) is 34.8 Å². The molecule has 0 saturated carbocycles. The second kappa shape index (κ2) is 5.04. The van der Waals surface area contributed by atoms with Crippen LogP contribution in [0.4, 0.5) is 0 Å².